The molecule has 1 heterocycles. The number of likely N-dealkylation sites (tertiary alicyclic amines) is 1. The van der Waals surface area contributed by atoms with Crippen molar-refractivity contribution in [2.45, 2.75) is 299 Å². The molecule has 0 spiro atoms. The molecule has 0 aromatic carbocycles. The highest BCUT2D eigenvalue weighted by Crippen LogP contribution is 2.24. The van der Waals surface area contributed by atoms with Crippen molar-refractivity contribution >= 4 is 42.4 Å². The Hall–Kier alpha value is -3.39. The second kappa shape index (κ2) is 65.1. The summed E-state index contributed by atoms with van der Waals surface area (Å²) in [5.74, 6) is -3.04. The van der Waals surface area contributed by atoms with E-state index in [9.17, 15) is 33.6 Å². The molecule has 3 atom stereocenters. The third kappa shape index (κ3) is 57.1. The van der Waals surface area contributed by atoms with Crippen LogP contribution in [-0.2, 0) is 57.2 Å². The number of nitrogens with zero attached hydrogens (tertiary/aromatic N) is 1. The second-order valence-corrected chi connectivity index (χ2v) is 20.3. The molecule has 456 valence electrons. The van der Waals surface area contributed by atoms with Gasteiger partial charge in [-0.05, 0) is 43.9 Å². The molecule has 0 bridgehead atoms. The van der Waals surface area contributed by atoms with Crippen molar-refractivity contribution < 1.29 is 62.0 Å². The average molecular weight is 1100 g/mol. The standard InChI is InChI=1S/C39H65NO11.2C9H20O.C4H10.C2H6/c1-4-7-9-11-13-14-16-18-33(43)25-32(27-36(44)48-24-17-15-12-10-8-5-2)28-38(46)51-35-30-40(39(47)49-23-6-3)29-34(35)50-37(45)26-31(19-21-41)20-22-42;2*1-3-4-5-6-7-8-9-10-2;1-3-4-2;1-2/h21-22,31-32,34-35H,4-20,23-30H2,1-3H3;2*3-9H2,1-2H3;3-4H2,1-2H3;1-2H3. The lowest BCUT2D eigenvalue weighted by Crippen LogP contribution is -2.35. The van der Waals surface area contributed by atoms with E-state index in [-0.39, 0.29) is 70.6 Å². The fraction of sp³-hybridized carbons (Fsp3) is 0.889. The van der Waals surface area contributed by atoms with Gasteiger partial charge in [-0.3, -0.25) is 19.2 Å². The zero-order valence-electron chi connectivity index (χ0n) is 51.7. The Bertz CT molecular complexity index is 1250. The van der Waals surface area contributed by atoms with Crippen LogP contribution in [0.25, 0.3) is 0 Å². The molecule has 77 heavy (non-hydrogen) atoms. The van der Waals surface area contributed by atoms with Crippen LogP contribution in [0.3, 0.4) is 0 Å². The molecule has 0 saturated carbocycles. The maximum Gasteiger partial charge on any atom is 0.410 e. The van der Waals surface area contributed by atoms with Crippen LogP contribution in [0.1, 0.15) is 287 Å². The summed E-state index contributed by atoms with van der Waals surface area (Å²) in [6.07, 6.45) is 31.7. The van der Waals surface area contributed by atoms with Crippen LogP contribution in [0.4, 0.5) is 4.79 Å². The maximum atomic E-state index is 13.3. The van der Waals surface area contributed by atoms with Gasteiger partial charge in [-0.15, -0.1) is 0 Å². The van der Waals surface area contributed by atoms with E-state index in [0.717, 1.165) is 71.0 Å². The van der Waals surface area contributed by atoms with Gasteiger partial charge in [-0.2, -0.15) is 0 Å². The lowest BCUT2D eigenvalue weighted by Gasteiger charge is -2.21. The highest BCUT2D eigenvalue weighted by atomic mass is 16.6. The number of Topliss-reactive ketones (excluding diaryl/α,β-unsaturated/α-hetero) is 1. The first kappa shape index (κ1) is 80.1. The van der Waals surface area contributed by atoms with Crippen LogP contribution >= 0.6 is 0 Å². The van der Waals surface area contributed by atoms with E-state index in [4.69, 9.17) is 28.4 Å². The molecule has 1 aliphatic heterocycles. The van der Waals surface area contributed by atoms with Gasteiger partial charge in [-0.1, -0.05) is 210 Å². The van der Waals surface area contributed by atoms with Crippen molar-refractivity contribution in [1.82, 2.24) is 4.90 Å². The molecule has 1 fully saturated rings. The van der Waals surface area contributed by atoms with E-state index in [1.54, 1.807) is 14.2 Å². The number of amides is 1. The maximum absolute atomic E-state index is 13.3. The van der Waals surface area contributed by atoms with Gasteiger partial charge in [0.1, 0.15) is 18.4 Å². The lowest BCUT2D eigenvalue weighted by atomic mass is 9.93. The average Bonchev–Trinajstić information content (AvgIpc) is 3.81. The number of ether oxygens (including phenoxy) is 6. The monoisotopic (exact) mass is 1100 g/mol. The number of aldehydes is 2. The lowest BCUT2D eigenvalue weighted by molar-refractivity contribution is -0.165. The number of carbonyl (C=O) groups is 7. The van der Waals surface area contributed by atoms with E-state index in [1.165, 1.54) is 120 Å². The Morgan fingerprint density at radius 3 is 1.16 bits per heavy atom. The van der Waals surface area contributed by atoms with Crippen molar-refractivity contribution in [3.63, 3.8) is 0 Å². The summed E-state index contributed by atoms with van der Waals surface area (Å²) in [6.45, 7) is 21.2. The van der Waals surface area contributed by atoms with Gasteiger partial charge in [-0.25, -0.2) is 4.79 Å². The number of carbonyl (C=O) groups excluding carboxylic acids is 7. The first-order valence-electron chi connectivity index (χ1n) is 31.2. The normalized spacial score (nSPS) is 13.7. The molecule has 1 aliphatic rings. The summed E-state index contributed by atoms with van der Waals surface area (Å²) in [5, 5.41) is 0. The minimum absolute atomic E-state index is 0.00680. The van der Waals surface area contributed by atoms with Crippen LogP contribution in [0.2, 0.25) is 0 Å². The third-order valence-electron chi connectivity index (χ3n) is 12.9. The van der Waals surface area contributed by atoms with E-state index in [0.29, 0.717) is 25.4 Å². The van der Waals surface area contributed by atoms with Gasteiger partial charge in [0.15, 0.2) is 12.2 Å². The summed E-state index contributed by atoms with van der Waals surface area (Å²) in [5.41, 5.74) is 0. The highest BCUT2D eigenvalue weighted by Gasteiger charge is 2.41. The smallest absolute Gasteiger partial charge is 0.410 e. The van der Waals surface area contributed by atoms with Gasteiger partial charge in [0.05, 0.1) is 26.3 Å². The molecular formula is C63H121NO13. The summed E-state index contributed by atoms with van der Waals surface area (Å²) < 4.78 is 32.0. The summed E-state index contributed by atoms with van der Waals surface area (Å²) in [4.78, 5) is 87.8. The number of hydrogen-bond donors (Lipinski definition) is 0. The van der Waals surface area contributed by atoms with Gasteiger partial charge >= 0.3 is 24.0 Å². The molecule has 0 radical (unpaired) electrons. The van der Waals surface area contributed by atoms with E-state index >= 15 is 0 Å². The van der Waals surface area contributed by atoms with Gasteiger partial charge in [0.25, 0.3) is 0 Å². The van der Waals surface area contributed by atoms with Crippen molar-refractivity contribution in [2.24, 2.45) is 11.8 Å². The van der Waals surface area contributed by atoms with Crippen molar-refractivity contribution in [1.29, 1.82) is 0 Å². The first-order chi connectivity index (χ1) is 37.4. The van der Waals surface area contributed by atoms with Gasteiger partial charge in [0, 0.05) is 72.4 Å². The van der Waals surface area contributed by atoms with Crippen LogP contribution in [0, 0.1) is 11.8 Å². The van der Waals surface area contributed by atoms with Crippen molar-refractivity contribution in [2.75, 3.05) is 53.7 Å². The van der Waals surface area contributed by atoms with Crippen LogP contribution in [0.15, 0.2) is 0 Å². The number of rotatable bonds is 46. The number of ketones is 1. The van der Waals surface area contributed by atoms with Gasteiger partial charge < -0.3 is 42.9 Å². The number of unbranched alkanes of at least 4 members (excludes halogenated alkanes) is 22. The molecule has 0 aromatic rings. The minimum atomic E-state index is -1.02. The zero-order valence-corrected chi connectivity index (χ0v) is 51.7. The highest BCUT2D eigenvalue weighted by molar-refractivity contribution is 5.81. The Morgan fingerprint density at radius 1 is 0.416 bits per heavy atom. The quantitative estimate of drug-likeness (QED) is 0.0244. The summed E-state index contributed by atoms with van der Waals surface area (Å²) in [6, 6.07) is 0. The number of hydrogen-bond acceptors (Lipinski definition) is 13. The molecule has 1 saturated heterocycles. The molecule has 0 aromatic heterocycles. The second-order valence-electron chi connectivity index (χ2n) is 20.3. The summed E-state index contributed by atoms with van der Waals surface area (Å²) >= 11 is 0. The van der Waals surface area contributed by atoms with Crippen LogP contribution < -0.4 is 0 Å². The molecule has 1 amide bonds. The van der Waals surface area contributed by atoms with E-state index in [2.05, 4.69) is 41.5 Å². The van der Waals surface area contributed by atoms with Crippen LogP contribution in [-0.4, -0.2) is 113 Å². The molecule has 14 heteroatoms. The predicted octanol–water partition coefficient (Wildman–Crippen LogP) is 16.1. The fourth-order valence-electron chi connectivity index (χ4n) is 8.18. The first-order valence-corrected chi connectivity index (χ1v) is 31.2. The fourth-order valence-corrected chi connectivity index (χ4v) is 8.18. The Kier molecular flexibility index (Phi) is 67.7. The molecule has 3 unspecified atom stereocenters. The van der Waals surface area contributed by atoms with Gasteiger partial charge in [0.2, 0.25) is 0 Å². The topological polar surface area (TPSA) is 178 Å². The Labute approximate surface area is 472 Å². The SMILES string of the molecule is CC.CCCC.CCCCCCCCCC(=O)CC(CC(=O)OCCCCCCCC)CC(=O)OC1CN(C(=O)OCCC)CC1OC(=O)CC(CC=O)CC=O.CCCCCCCCOC.CCCCCCCCOC. The van der Waals surface area contributed by atoms with Crippen molar-refractivity contribution in [3.8, 4) is 0 Å². The number of methoxy groups -OCH3 is 2. The van der Waals surface area contributed by atoms with Crippen molar-refractivity contribution in [3.05, 3.63) is 0 Å². The molecular weight excluding hydrogens is 979 g/mol. The number of esters is 3. The zero-order chi connectivity index (χ0) is 58.4. The Morgan fingerprint density at radius 2 is 0.779 bits per heavy atom. The Balaban J connectivity index is -0.000000834. The van der Waals surface area contributed by atoms with E-state index < -0.39 is 48.0 Å². The molecule has 14 nitrogen and oxygen atoms in total. The van der Waals surface area contributed by atoms with Crippen LogP contribution in [0.5, 0.6) is 0 Å². The molecule has 1 rings (SSSR count). The third-order valence-corrected chi connectivity index (χ3v) is 12.9. The molecule has 0 aliphatic carbocycles. The predicted molar refractivity (Wildman–Crippen MR) is 314 cm³/mol. The summed E-state index contributed by atoms with van der Waals surface area (Å²) in [7, 11) is 3.54. The van der Waals surface area contributed by atoms with E-state index in [1.807, 2.05) is 20.8 Å². The largest absolute Gasteiger partial charge is 0.466 e. The minimum Gasteiger partial charge on any atom is -0.466 e. The molecule has 0 N–H and O–H groups in total.